The van der Waals surface area contributed by atoms with E-state index in [4.69, 9.17) is 10.7 Å². The van der Waals surface area contributed by atoms with Crippen molar-refractivity contribution in [1.29, 1.82) is 10.5 Å². The summed E-state index contributed by atoms with van der Waals surface area (Å²) in [4.78, 5) is 9.10. The topological polar surface area (TPSA) is 152 Å². The number of hydrogen-bond donors (Lipinski definition) is 1. The quantitative estimate of drug-likeness (QED) is 0.542. The van der Waals surface area contributed by atoms with Crippen LogP contribution in [0.3, 0.4) is 0 Å². The molecule has 4 heterocycles. The Morgan fingerprint density at radius 3 is 2.77 bits per heavy atom. The van der Waals surface area contributed by atoms with Crippen LogP contribution in [0.1, 0.15) is 19.3 Å². The van der Waals surface area contributed by atoms with Crippen LogP contribution in [0, 0.1) is 28.6 Å². The number of nitrogen functional groups attached to an aromatic ring is 1. The maximum Gasteiger partial charge on any atom is 0.181 e. The van der Waals surface area contributed by atoms with E-state index in [0.717, 1.165) is 5.56 Å². The molecule has 5 rings (SSSR count). The molecule has 0 amide bonds. The molecule has 11 nitrogen and oxygen atoms in total. The van der Waals surface area contributed by atoms with E-state index in [9.17, 15) is 10.5 Å². The number of rotatable bonds is 4. The van der Waals surface area contributed by atoms with Crippen LogP contribution in [0.15, 0.2) is 31.1 Å². The summed E-state index contributed by atoms with van der Waals surface area (Å²) in [5, 5.41) is 31.4. The monoisotopic (exact) mass is 399 g/mol. The Kier molecular flexibility index (Phi) is 3.79. The zero-order valence-electron chi connectivity index (χ0n) is 16.1. The SMILES string of the molecule is Cn1cc(-c2cn3ncnc3c(-c3cn([C@]4(CC#N)C[C@@H](C#N)C4)nc3N)n2)cn1. The molecule has 0 radical (unpaired) electrons. The van der Waals surface area contributed by atoms with Crippen LogP contribution in [0.4, 0.5) is 5.82 Å². The number of aromatic nitrogens is 8. The molecule has 0 aromatic carbocycles. The Hall–Kier alpha value is -4.25. The lowest BCUT2D eigenvalue weighted by Crippen LogP contribution is -2.46. The van der Waals surface area contributed by atoms with Gasteiger partial charge in [0.1, 0.15) is 12.0 Å². The van der Waals surface area contributed by atoms with Gasteiger partial charge in [-0.2, -0.15) is 25.8 Å². The van der Waals surface area contributed by atoms with Gasteiger partial charge in [0, 0.05) is 25.0 Å². The molecule has 148 valence electrons. The number of aryl methyl sites for hydroxylation is 1. The molecule has 0 unspecified atom stereocenters. The van der Waals surface area contributed by atoms with Gasteiger partial charge in [0.05, 0.1) is 53.7 Å². The first kappa shape index (κ1) is 17.8. The highest BCUT2D eigenvalue weighted by Gasteiger charge is 2.47. The van der Waals surface area contributed by atoms with Crippen molar-refractivity contribution in [2.75, 3.05) is 5.73 Å². The summed E-state index contributed by atoms with van der Waals surface area (Å²) < 4.78 is 5.06. The van der Waals surface area contributed by atoms with Crippen LogP contribution in [0.5, 0.6) is 0 Å². The summed E-state index contributed by atoms with van der Waals surface area (Å²) in [7, 11) is 1.84. The lowest BCUT2D eigenvalue weighted by molar-refractivity contribution is 0.0885. The van der Waals surface area contributed by atoms with E-state index >= 15 is 0 Å². The highest BCUT2D eigenvalue weighted by Crippen LogP contribution is 2.46. The molecule has 4 aromatic heterocycles. The first-order chi connectivity index (χ1) is 14.5. The molecule has 4 aromatic rings. The molecule has 1 aliphatic carbocycles. The lowest BCUT2D eigenvalue weighted by Gasteiger charge is -2.43. The number of nitriles is 2. The Bertz CT molecular complexity index is 1340. The second-order valence-corrected chi connectivity index (χ2v) is 7.57. The van der Waals surface area contributed by atoms with E-state index < -0.39 is 5.54 Å². The normalized spacial score (nSPS) is 20.6. The van der Waals surface area contributed by atoms with E-state index in [2.05, 4.69) is 32.4 Å². The summed E-state index contributed by atoms with van der Waals surface area (Å²) in [5.41, 5.74) is 8.95. The van der Waals surface area contributed by atoms with Crippen LogP contribution in [-0.4, -0.2) is 39.1 Å². The van der Waals surface area contributed by atoms with Gasteiger partial charge >= 0.3 is 0 Å². The molecule has 30 heavy (non-hydrogen) atoms. The average Bonchev–Trinajstić information content (AvgIpc) is 3.43. The third-order valence-electron chi connectivity index (χ3n) is 5.59. The van der Waals surface area contributed by atoms with Crippen molar-refractivity contribution >= 4 is 11.5 Å². The molecule has 1 fully saturated rings. The molecule has 1 aliphatic rings. The average molecular weight is 399 g/mol. The Labute approximate surface area is 171 Å². The molecule has 0 spiro atoms. The van der Waals surface area contributed by atoms with Crippen LogP contribution in [0.2, 0.25) is 0 Å². The summed E-state index contributed by atoms with van der Waals surface area (Å²) in [5.74, 6) is 0.205. The van der Waals surface area contributed by atoms with Gasteiger partial charge in [0.15, 0.2) is 11.5 Å². The van der Waals surface area contributed by atoms with E-state index in [1.54, 1.807) is 32.5 Å². The molecule has 0 atom stereocenters. The molecule has 11 heteroatoms. The third-order valence-corrected chi connectivity index (χ3v) is 5.59. The van der Waals surface area contributed by atoms with Crippen molar-refractivity contribution in [1.82, 2.24) is 39.1 Å². The van der Waals surface area contributed by atoms with E-state index in [0.29, 0.717) is 35.4 Å². The molecule has 1 saturated carbocycles. The van der Waals surface area contributed by atoms with Crippen LogP contribution in [-0.2, 0) is 12.6 Å². The lowest BCUT2D eigenvalue weighted by atomic mass is 9.67. The predicted octanol–water partition coefficient (Wildman–Crippen LogP) is 1.51. The first-order valence-corrected chi connectivity index (χ1v) is 9.35. The first-order valence-electron chi connectivity index (χ1n) is 9.35. The fraction of sp³-hybridized carbons (Fsp3) is 0.316. The van der Waals surface area contributed by atoms with Gasteiger partial charge in [-0.15, -0.1) is 0 Å². The molecule has 0 bridgehead atoms. The smallest absolute Gasteiger partial charge is 0.181 e. The van der Waals surface area contributed by atoms with Crippen molar-refractivity contribution < 1.29 is 0 Å². The highest BCUT2D eigenvalue weighted by atomic mass is 15.3. The third kappa shape index (κ3) is 2.60. The summed E-state index contributed by atoms with van der Waals surface area (Å²) in [6.07, 6.45) is 10.0. The van der Waals surface area contributed by atoms with Gasteiger partial charge in [-0.1, -0.05) is 0 Å². The minimum atomic E-state index is -0.521. The fourth-order valence-corrected chi connectivity index (χ4v) is 4.02. The van der Waals surface area contributed by atoms with Gasteiger partial charge in [-0.25, -0.2) is 14.5 Å². The molecule has 0 aliphatic heterocycles. The number of anilines is 1. The van der Waals surface area contributed by atoms with Gasteiger partial charge in [-0.05, 0) is 12.8 Å². The van der Waals surface area contributed by atoms with Crippen molar-refractivity contribution in [3.05, 3.63) is 31.1 Å². The molecular weight excluding hydrogens is 382 g/mol. The molecular formula is C19H17N11. The van der Waals surface area contributed by atoms with Gasteiger partial charge in [0.2, 0.25) is 0 Å². The van der Waals surface area contributed by atoms with E-state index in [-0.39, 0.29) is 18.2 Å². The summed E-state index contributed by atoms with van der Waals surface area (Å²) in [6, 6.07) is 4.48. The molecule has 2 N–H and O–H groups in total. The van der Waals surface area contributed by atoms with Crippen molar-refractivity contribution in [2.24, 2.45) is 13.0 Å². The second-order valence-electron chi connectivity index (χ2n) is 7.57. The zero-order valence-corrected chi connectivity index (χ0v) is 16.1. The highest BCUT2D eigenvalue weighted by molar-refractivity contribution is 5.81. The van der Waals surface area contributed by atoms with Gasteiger partial charge in [0.25, 0.3) is 0 Å². The number of hydrogen-bond acceptors (Lipinski definition) is 8. The maximum atomic E-state index is 9.31. The van der Waals surface area contributed by atoms with Crippen LogP contribution in [0.25, 0.3) is 28.2 Å². The Morgan fingerprint density at radius 1 is 1.23 bits per heavy atom. The Morgan fingerprint density at radius 2 is 2.07 bits per heavy atom. The van der Waals surface area contributed by atoms with Crippen molar-refractivity contribution in [3.8, 4) is 34.7 Å². The predicted molar refractivity (Wildman–Crippen MR) is 105 cm³/mol. The summed E-state index contributed by atoms with van der Waals surface area (Å²) in [6.45, 7) is 0. The number of nitrogens with two attached hydrogens (primary N) is 1. The van der Waals surface area contributed by atoms with Crippen LogP contribution >= 0.6 is 0 Å². The van der Waals surface area contributed by atoms with Crippen LogP contribution < -0.4 is 5.73 Å². The standard InChI is InChI=1S/C19H17N11/c1-28-8-13(7-24-28)15-10-29-18(23-11-25-29)16(26-15)14-9-30(27-17(14)22)19(2-3-20)4-12(5-19)6-21/h7-12H,2,4-5H2,1H3,(H2,22,27)/t12-,19-. The van der Waals surface area contributed by atoms with Crippen molar-refractivity contribution in [3.63, 3.8) is 0 Å². The molecule has 0 saturated heterocycles. The Balaban J connectivity index is 1.64. The maximum absolute atomic E-state index is 9.31. The fourth-order valence-electron chi connectivity index (χ4n) is 4.02. The van der Waals surface area contributed by atoms with Gasteiger partial charge in [-0.3, -0.25) is 9.36 Å². The summed E-state index contributed by atoms with van der Waals surface area (Å²) >= 11 is 0. The minimum absolute atomic E-state index is 0.0811. The largest absolute Gasteiger partial charge is 0.382 e. The zero-order chi connectivity index (χ0) is 20.9. The number of nitrogens with zero attached hydrogens (tertiary/aromatic N) is 10. The van der Waals surface area contributed by atoms with Gasteiger partial charge < -0.3 is 5.73 Å². The minimum Gasteiger partial charge on any atom is -0.382 e. The van der Waals surface area contributed by atoms with E-state index in [1.807, 2.05) is 13.2 Å². The second kappa shape index (κ2) is 6.39. The number of fused-ring (bicyclic) bond motifs is 1. The van der Waals surface area contributed by atoms with Crippen molar-refractivity contribution in [2.45, 2.75) is 24.8 Å². The van der Waals surface area contributed by atoms with E-state index in [1.165, 1.54) is 6.33 Å².